The molecule has 6 nitrogen and oxygen atoms in total. The lowest BCUT2D eigenvalue weighted by atomic mass is 9.72. The van der Waals surface area contributed by atoms with Gasteiger partial charge in [0.2, 0.25) is 5.91 Å². The van der Waals surface area contributed by atoms with Gasteiger partial charge in [-0.2, -0.15) is 0 Å². The summed E-state index contributed by atoms with van der Waals surface area (Å²) in [5.41, 5.74) is 0.472. The molecule has 1 saturated carbocycles. The number of hydrogen-bond acceptors (Lipinski definition) is 3. The largest absolute Gasteiger partial charge is 0.354 e. The van der Waals surface area contributed by atoms with Crippen LogP contribution in [0.5, 0.6) is 0 Å². The van der Waals surface area contributed by atoms with Crippen LogP contribution in [0.3, 0.4) is 0 Å². The van der Waals surface area contributed by atoms with Crippen LogP contribution >= 0.6 is 0 Å². The van der Waals surface area contributed by atoms with Crippen LogP contribution in [0.15, 0.2) is 12.5 Å². The third-order valence-electron chi connectivity index (χ3n) is 5.34. The molecule has 2 heterocycles. The molecule has 1 N–H and O–H groups in total. The minimum atomic E-state index is -0.0657. The number of carbonyl (C=O) groups is 2. The number of rotatable bonds is 3. The molecule has 2 amide bonds. The average molecular weight is 332 g/mol. The van der Waals surface area contributed by atoms with Gasteiger partial charge in [0, 0.05) is 37.8 Å². The van der Waals surface area contributed by atoms with Gasteiger partial charge in [-0.25, -0.2) is 4.98 Å². The molecule has 1 atom stereocenters. The second-order valence-electron chi connectivity index (χ2n) is 8.27. The Balaban J connectivity index is 1.53. The van der Waals surface area contributed by atoms with Crippen LogP contribution in [0.25, 0.3) is 0 Å². The number of nitrogens with one attached hydrogen (secondary N) is 1. The molecule has 1 aromatic heterocycles. The monoisotopic (exact) mass is 332 g/mol. The van der Waals surface area contributed by atoms with Gasteiger partial charge < -0.3 is 14.8 Å². The Morgan fingerprint density at radius 2 is 1.96 bits per heavy atom. The van der Waals surface area contributed by atoms with Crippen molar-refractivity contribution in [2.45, 2.75) is 58.5 Å². The van der Waals surface area contributed by atoms with Crippen molar-refractivity contribution in [2.75, 3.05) is 13.1 Å². The maximum atomic E-state index is 12.7. The molecule has 1 aliphatic heterocycles. The Hall–Kier alpha value is -1.85. The summed E-state index contributed by atoms with van der Waals surface area (Å²) < 4.78 is 1.98. The number of likely N-dealkylation sites (tertiary alicyclic amines) is 1. The highest BCUT2D eigenvalue weighted by atomic mass is 16.2. The average Bonchev–Trinajstić information content (AvgIpc) is 3.09. The van der Waals surface area contributed by atoms with E-state index in [-0.39, 0.29) is 17.4 Å². The standard InChI is InChI=1S/C18H28N4O2/c1-12(23)20-15-7-14(8-15)13-5-6-21(9-13)17(24)16-10-22(11-19-16)18(2,3)4/h10-11,13-15H,5-9H2,1-4H3,(H,20,23). The summed E-state index contributed by atoms with van der Waals surface area (Å²) in [5, 5.41) is 2.98. The van der Waals surface area contributed by atoms with Crippen LogP contribution in [-0.2, 0) is 10.3 Å². The van der Waals surface area contributed by atoms with Gasteiger partial charge >= 0.3 is 0 Å². The lowest BCUT2D eigenvalue weighted by molar-refractivity contribution is -0.120. The summed E-state index contributed by atoms with van der Waals surface area (Å²) in [5.74, 6) is 1.28. The van der Waals surface area contributed by atoms with Gasteiger partial charge in [-0.15, -0.1) is 0 Å². The number of aromatic nitrogens is 2. The molecule has 132 valence electrons. The lowest BCUT2D eigenvalue weighted by Crippen LogP contribution is -2.46. The topological polar surface area (TPSA) is 67.2 Å². The zero-order valence-electron chi connectivity index (χ0n) is 15.1. The maximum Gasteiger partial charge on any atom is 0.274 e. The van der Waals surface area contributed by atoms with E-state index >= 15 is 0 Å². The summed E-state index contributed by atoms with van der Waals surface area (Å²) in [4.78, 5) is 30.0. The van der Waals surface area contributed by atoms with Crippen LogP contribution in [0.4, 0.5) is 0 Å². The first-order chi connectivity index (χ1) is 11.2. The molecular formula is C18H28N4O2. The number of nitrogens with zero attached hydrogens (tertiary/aromatic N) is 3. The Morgan fingerprint density at radius 1 is 1.25 bits per heavy atom. The predicted octanol–water partition coefficient (Wildman–Crippen LogP) is 2.01. The summed E-state index contributed by atoms with van der Waals surface area (Å²) in [7, 11) is 0. The first kappa shape index (κ1) is 17.0. The highest BCUT2D eigenvalue weighted by molar-refractivity contribution is 5.92. The van der Waals surface area contributed by atoms with Crippen molar-refractivity contribution in [1.29, 1.82) is 0 Å². The maximum absolute atomic E-state index is 12.7. The molecule has 24 heavy (non-hydrogen) atoms. The molecule has 3 rings (SSSR count). The van der Waals surface area contributed by atoms with Gasteiger partial charge in [-0.1, -0.05) is 0 Å². The number of imidazole rings is 1. The van der Waals surface area contributed by atoms with Crippen molar-refractivity contribution >= 4 is 11.8 Å². The quantitative estimate of drug-likeness (QED) is 0.921. The van der Waals surface area contributed by atoms with Gasteiger partial charge in [-0.3, -0.25) is 9.59 Å². The Kier molecular flexibility index (Phi) is 4.40. The van der Waals surface area contributed by atoms with Crippen LogP contribution in [-0.4, -0.2) is 45.4 Å². The van der Waals surface area contributed by atoms with E-state index in [2.05, 4.69) is 31.1 Å². The van der Waals surface area contributed by atoms with Crippen molar-refractivity contribution < 1.29 is 9.59 Å². The fourth-order valence-corrected chi connectivity index (χ4v) is 3.77. The molecule has 0 bridgehead atoms. The summed E-state index contributed by atoms with van der Waals surface area (Å²) in [6.07, 6.45) is 6.75. The zero-order chi connectivity index (χ0) is 17.5. The second-order valence-corrected chi connectivity index (χ2v) is 8.27. The molecule has 1 saturated heterocycles. The van der Waals surface area contributed by atoms with Crippen LogP contribution in [0.2, 0.25) is 0 Å². The van der Waals surface area contributed by atoms with Crippen molar-refractivity contribution in [2.24, 2.45) is 11.8 Å². The first-order valence-corrected chi connectivity index (χ1v) is 8.85. The smallest absolute Gasteiger partial charge is 0.274 e. The third-order valence-corrected chi connectivity index (χ3v) is 5.34. The molecule has 0 spiro atoms. The lowest BCUT2D eigenvalue weighted by Gasteiger charge is -2.39. The van der Waals surface area contributed by atoms with Gasteiger partial charge in [0.15, 0.2) is 0 Å². The third kappa shape index (κ3) is 3.47. The minimum Gasteiger partial charge on any atom is -0.354 e. The van der Waals surface area contributed by atoms with Crippen LogP contribution in [0.1, 0.15) is 57.4 Å². The molecule has 1 aliphatic carbocycles. The number of amides is 2. The fraction of sp³-hybridized carbons (Fsp3) is 0.722. The second kappa shape index (κ2) is 6.22. The minimum absolute atomic E-state index is 0.0400. The van der Waals surface area contributed by atoms with Gasteiger partial charge in [-0.05, 0) is 51.9 Å². The summed E-state index contributed by atoms with van der Waals surface area (Å²) >= 11 is 0. The first-order valence-electron chi connectivity index (χ1n) is 8.85. The predicted molar refractivity (Wildman–Crippen MR) is 91.6 cm³/mol. The Morgan fingerprint density at radius 3 is 2.54 bits per heavy atom. The SMILES string of the molecule is CC(=O)NC1CC(C2CCN(C(=O)c3cn(C(C)(C)C)cn3)C2)C1. The molecule has 2 fully saturated rings. The van der Waals surface area contributed by atoms with E-state index in [1.807, 2.05) is 15.7 Å². The van der Waals surface area contributed by atoms with Crippen molar-refractivity contribution in [1.82, 2.24) is 19.8 Å². The van der Waals surface area contributed by atoms with Gasteiger partial charge in [0.1, 0.15) is 5.69 Å². The van der Waals surface area contributed by atoms with E-state index in [0.717, 1.165) is 32.4 Å². The summed E-state index contributed by atoms with van der Waals surface area (Å²) in [6, 6.07) is 0.333. The van der Waals surface area contributed by atoms with Crippen LogP contribution < -0.4 is 5.32 Å². The Labute approximate surface area is 143 Å². The van der Waals surface area contributed by atoms with Crippen molar-refractivity contribution in [3.63, 3.8) is 0 Å². The molecule has 1 aromatic rings. The van der Waals surface area contributed by atoms with Crippen molar-refractivity contribution in [3.8, 4) is 0 Å². The molecule has 2 aliphatic rings. The van der Waals surface area contributed by atoms with E-state index in [9.17, 15) is 9.59 Å². The van der Waals surface area contributed by atoms with Gasteiger partial charge in [0.05, 0.1) is 6.33 Å². The van der Waals surface area contributed by atoms with E-state index < -0.39 is 0 Å². The number of carbonyl (C=O) groups excluding carboxylic acids is 2. The molecule has 6 heteroatoms. The van der Waals surface area contributed by atoms with E-state index in [0.29, 0.717) is 23.6 Å². The molecule has 0 radical (unpaired) electrons. The van der Waals surface area contributed by atoms with E-state index in [1.165, 1.54) is 0 Å². The van der Waals surface area contributed by atoms with E-state index in [4.69, 9.17) is 0 Å². The molecular weight excluding hydrogens is 304 g/mol. The fourth-order valence-electron chi connectivity index (χ4n) is 3.77. The Bertz CT molecular complexity index is 625. The zero-order valence-corrected chi connectivity index (χ0v) is 15.1. The molecule has 1 unspecified atom stereocenters. The summed E-state index contributed by atoms with van der Waals surface area (Å²) in [6.45, 7) is 9.48. The number of hydrogen-bond donors (Lipinski definition) is 1. The highest BCUT2D eigenvalue weighted by Crippen LogP contribution is 2.38. The van der Waals surface area contributed by atoms with E-state index in [1.54, 1.807) is 13.3 Å². The highest BCUT2D eigenvalue weighted by Gasteiger charge is 2.39. The molecule has 0 aromatic carbocycles. The van der Waals surface area contributed by atoms with Gasteiger partial charge in [0.25, 0.3) is 5.91 Å². The normalized spacial score (nSPS) is 27.0. The van der Waals surface area contributed by atoms with Crippen molar-refractivity contribution in [3.05, 3.63) is 18.2 Å². The van der Waals surface area contributed by atoms with Crippen LogP contribution in [0, 0.1) is 11.8 Å².